The maximum atomic E-state index is 13.2. The van der Waals surface area contributed by atoms with Crippen LogP contribution in [0.5, 0.6) is 5.75 Å². The maximum absolute atomic E-state index is 13.2. The van der Waals surface area contributed by atoms with E-state index in [1.54, 1.807) is 6.07 Å². The number of hydrogen-bond donors (Lipinski definition) is 1. The summed E-state index contributed by atoms with van der Waals surface area (Å²) >= 11 is 3.34. The molecule has 0 aliphatic heterocycles. The van der Waals surface area contributed by atoms with E-state index in [2.05, 4.69) is 15.9 Å². The van der Waals surface area contributed by atoms with Crippen LogP contribution < -0.4 is 10.5 Å². The van der Waals surface area contributed by atoms with Crippen molar-refractivity contribution >= 4 is 15.9 Å². The van der Waals surface area contributed by atoms with E-state index in [1.165, 1.54) is 17.7 Å². The highest BCUT2D eigenvalue weighted by atomic mass is 79.9. The smallest absolute Gasteiger partial charge is 0.137 e. The van der Waals surface area contributed by atoms with E-state index in [0.717, 1.165) is 5.56 Å². The summed E-state index contributed by atoms with van der Waals surface area (Å²) in [5.74, 6) is 0.119. The monoisotopic (exact) mass is 323 g/mol. The van der Waals surface area contributed by atoms with Crippen LogP contribution in [0.3, 0.4) is 0 Å². The van der Waals surface area contributed by atoms with Gasteiger partial charge in [0.2, 0.25) is 0 Å². The molecule has 19 heavy (non-hydrogen) atoms. The lowest BCUT2D eigenvalue weighted by Gasteiger charge is -2.19. The van der Waals surface area contributed by atoms with Crippen LogP contribution in [0.1, 0.15) is 17.2 Å². The largest absolute Gasteiger partial charge is 0.483 e. The third kappa shape index (κ3) is 3.55. The van der Waals surface area contributed by atoms with Crippen LogP contribution in [0.4, 0.5) is 4.39 Å². The Kier molecular flexibility index (Phi) is 4.56. The van der Waals surface area contributed by atoms with Crippen molar-refractivity contribution in [1.82, 2.24) is 0 Å². The van der Waals surface area contributed by atoms with E-state index in [1.807, 2.05) is 31.2 Å². The van der Waals surface area contributed by atoms with Gasteiger partial charge in [-0.25, -0.2) is 4.39 Å². The van der Waals surface area contributed by atoms with Crippen molar-refractivity contribution in [3.63, 3.8) is 0 Å². The fraction of sp³-hybridized carbons (Fsp3) is 0.200. The van der Waals surface area contributed by atoms with Gasteiger partial charge in [-0.2, -0.15) is 0 Å². The molecule has 2 N–H and O–H groups in total. The third-order valence-electron chi connectivity index (χ3n) is 2.83. The molecular formula is C15H15BrFNO. The molecule has 0 saturated heterocycles. The molecule has 1 atom stereocenters. The van der Waals surface area contributed by atoms with Crippen molar-refractivity contribution in [1.29, 1.82) is 0 Å². The van der Waals surface area contributed by atoms with Crippen molar-refractivity contribution < 1.29 is 9.13 Å². The fourth-order valence-electron chi connectivity index (χ4n) is 1.75. The standard InChI is InChI=1S/C15H15BrFNO/c1-10-2-4-11(5-3-10)15(9-18)19-14-8-12(17)6-7-13(14)16/h2-8,15H,9,18H2,1H3. The Morgan fingerprint density at radius 2 is 1.89 bits per heavy atom. The molecule has 0 fully saturated rings. The summed E-state index contributed by atoms with van der Waals surface area (Å²) in [6.45, 7) is 2.34. The minimum Gasteiger partial charge on any atom is -0.483 e. The predicted molar refractivity (Wildman–Crippen MR) is 77.7 cm³/mol. The highest BCUT2D eigenvalue weighted by molar-refractivity contribution is 9.10. The molecule has 0 radical (unpaired) electrons. The molecule has 0 heterocycles. The number of rotatable bonds is 4. The first kappa shape index (κ1) is 14.0. The van der Waals surface area contributed by atoms with Crippen molar-refractivity contribution in [2.45, 2.75) is 13.0 Å². The van der Waals surface area contributed by atoms with E-state index in [0.29, 0.717) is 16.8 Å². The molecule has 2 aromatic rings. The lowest BCUT2D eigenvalue weighted by atomic mass is 10.1. The number of aryl methyl sites for hydroxylation is 1. The molecular weight excluding hydrogens is 309 g/mol. The van der Waals surface area contributed by atoms with Gasteiger partial charge in [0.1, 0.15) is 17.7 Å². The molecule has 2 nitrogen and oxygen atoms in total. The first-order valence-electron chi connectivity index (χ1n) is 5.98. The van der Waals surface area contributed by atoms with Crippen LogP contribution in [0, 0.1) is 12.7 Å². The fourth-order valence-corrected chi connectivity index (χ4v) is 2.09. The summed E-state index contributed by atoms with van der Waals surface area (Å²) in [7, 11) is 0. The molecule has 2 rings (SSSR count). The average molecular weight is 324 g/mol. The van der Waals surface area contributed by atoms with Crippen LogP contribution in [-0.2, 0) is 0 Å². The molecule has 0 saturated carbocycles. The molecule has 2 aromatic carbocycles. The van der Waals surface area contributed by atoms with Gasteiger partial charge < -0.3 is 10.5 Å². The first-order valence-corrected chi connectivity index (χ1v) is 6.78. The summed E-state index contributed by atoms with van der Waals surface area (Å²) in [6, 6.07) is 12.3. The van der Waals surface area contributed by atoms with E-state index < -0.39 is 0 Å². The van der Waals surface area contributed by atoms with Gasteiger partial charge in [-0.3, -0.25) is 0 Å². The van der Waals surface area contributed by atoms with Gasteiger partial charge in [-0.15, -0.1) is 0 Å². The Bertz CT molecular complexity index is 557. The molecule has 4 heteroatoms. The SMILES string of the molecule is Cc1ccc(C(CN)Oc2cc(F)ccc2Br)cc1. The summed E-state index contributed by atoms with van der Waals surface area (Å²) in [5.41, 5.74) is 7.89. The second-order valence-electron chi connectivity index (χ2n) is 4.33. The third-order valence-corrected chi connectivity index (χ3v) is 3.48. The van der Waals surface area contributed by atoms with Crippen molar-refractivity contribution in [3.05, 3.63) is 63.9 Å². The van der Waals surface area contributed by atoms with Gasteiger partial charge >= 0.3 is 0 Å². The molecule has 0 amide bonds. The van der Waals surface area contributed by atoms with Crippen molar-refractivity contribution in [2.24, 2.45) is 5.73 Å². The highest BCUT2D eigenvalue weighted by Gasteiger charge is 2.13. The van der Waals surface area contributed by atoms with Gasteiger partial charge in [0.25, 0.3) is 0 Å². The number of nitrogens with two attached hydrogens (primary N) is 1. The maximum Gasteiger partial charge on any atom is 0.137 e. The van der Waals surface area contributed by atoms with E-state index >= 15 is 0 Å². The van der Waals surface area contributed by atoms with Crippen LogP contribution in [0.15, 0.2) is 46.9 Å². The first-order chi connectivity index (χ1) is 9.10. The minimum atomic E-state index is -0.335. The van der Waals surface area contributed by atoms with Crippen LogP contribution in [0.2, 0.25) is 0 Å². The Morgan fingerprint density at radius 3 is 2.53 bits per heavy atom. The highest BCUT2D eigenvalue weighted by Crippen LogP contribution is 2.29. The molecule has 100 valence electrons. The van der Waals surface area contributed by atoms with Gasteiger partial charge in [0.05, 0.1) is 4.47 Å². The van der Waals surface area contributed by atoms with Crippen molar-refractivity contribution in [3.8, 4) is 5.75 Å². The molecule has 0 spiro atoms. The van der Waals surface area contributed by atoms with E-state index in [4.69, 9.17) is 10.5 Å². The Labute approximate surface area is 120 Å². The van der Waals surface area contributed by atoms with Gasteiger partial charge in [-0.05, 0) is 40.5 Å². The zero-order valence-corrected chi connectivity index (χ0v) is 12.2. The molecule has 0 aliphatic carbocycles. The normalized spacial score (nSPS) is 12.2. The molecule has 0 aliphatic rings. The molecule has 0 bridgehead atoms. The topological polar surface area (TPSA) is 35.2 Å². The summed E-state index contributed by atoms with van der Waals surface area (Å²) < 4.78 is 19.7. The summed E-state index contributed by atoms with van der Waals surface area (Å²) in [4.78, 5) is 0. The zero-order valence-electron chi connectivity index (χ0n) is 10.6. The van der Waals surface area contributed by atoms with Crippen LogP contribution >= 0.6 is 15.9 Å². The predicted octanol–water partition coefficient (Wildman–Crippen LogP) is 3.98. The van der Waals surface area contributed by atoms with Crippen molar-refractivity contribution in [2.75, 3.05) is 6.54 Å². The Morgan fingerprint density at radius 1 is 1.21 bits per heavy atom. The number of benzene rings is 2. The minimum absolute atomic E-state index is 0.293. The van der Waals surface area contributed by atoms with Crippen LogP contribution in [0.25, 0.3) is 0 Å². The second kappa shape index (κ2) is 6.17. The van der Waals surface area contributed by atoms with Gasteiger partial charge in [0.15, 0.2) is 0 Å². The Balaban J connectivity index is 2.23. The van der Waals surface area contributed by atoms with E-state index in [9.17, 15) is 4.39 Å². The van der Waals surface area contributed by atoms with Gasteiger partial charge in [-0.1, -0.05) is 29.8 Å². The lowest BCUT2D eigenvalue weighted by molar-refractivity contribution is 0.212. The number of hydrogen-bond acceptors (Lipinski definition) is 2. The average Bonchev–Trinajstić information content (AvgIpc) is 2.41. The number of ether oxygens (including phenoxy) is 1. The summed E-state index contributed by atoms with van der Waals surface area (Å²) in [5, 5.41) is 0. The summed E-state index contributed by atoms with van der Waals surface area (Å²) in [6.07, 6.45) is -0.293. The molecule has 0 aromatic heterocycles. The van der Waals surface area contributed by atoms with Crippen LogP contribution in [-0.4, -0.2) is 6.54 Å². The lowest BCUT2D eigenvalue weighted by Crippen LogP contribution is -2.18. The Hall–Kier alpha value is -1.39. The van der Waals surface area contributed by atoms with Gasteiger partial charge in [0, 0.05) is 12.6 Å². The number of halogens is 2. The molecule has 1 unspecified atom stereocenters. The zero-order chi connectivity index (χ0) is 13.8. The van der Waals surface area contributed by atoms with E-state index in [-0.39, 0.29) is 11.9 Å². The second-order valence-corrected chi connectivity index (χ2v) is 5.18. The quantitative estimate of drug-likeness (QED) is 0.923.